The molecule has 0 unspecified atom stereocenters. The van der Waals surface area contributed by atoms with Gasteiger partial charge >= 0.3 is 0 Å². The van der Waals surface area contributed by atoms with Crippen molar-refractivity contribution in [3.8, 4) is 33.6 Å². The molecule has 0 saturated carbocycles. The van der Waals surface area contributed by atoms with E-state index < -0.39 is 0 Å². The zero-order valence-corrected chi connectivity index (χ0v) is 23.7. The fourth-order valence-electron chi connectivity index (χ4n) is 6.04. The predicted octanol–water partition coefficient (Wildman–Crippen LogP) is 4.93. The third-order valence-corrected chi connectivity index (χ3v) is 7.76. The van der Waals surface area contributed by atoms with E-state index in [2.05, 4.69) is 112 Å². The van der Waals surface area contributed by atoms with Crippen molar-refractivity contribution in [2.24, 2.45) is 7.05 Å². The van der Waals surface area contributed by atoms with Crippen LogP contribution in [-0.4, -0.2) is 28.3 Å². The molecule has 0 aliphatic carbocycles. The van der Waals surface area contributed by atoms with Gasteiger partial charge in [0.1, 0.15) is 0 Å². The molecule has 39 heavy (non-hydrogen) atoms. The molecule has 0 amide bonds. The molecule has 3 aliphatic heterocycles. The van der Waals surface area contributed by atoms with E-state index in [9.17, 15) is 0 Å². The quantitative estimate of drug-likeness (QED) is 0.195. The molecule has 0 N–H and O–H groups in total. The molecule has 5 aromatic rings. The van der Waals surface area contributed by atoms with Crippen LogP contribution in [0, 0.1) is 18.8 Å². The number of hydrogen-bond acceptors (Lipinski definition) is 4. The van der Waals surface area contributed by atoms with Crippen molar-refractivity contribution in [3.05, 3.63) is 116 Å². The van der Waals surface area contributed by atoms with Crippen LogP contribution in [-0.2, 0) is 28.1 Å². The second-order valence-corrected chi connectivity index (χ2v) is 10.0. The van der Waals surface area contributed by atoms with E-state index in [1.54, 1.807) is 0 Å². The Hall–Kier alpha value is -4.02. The molecule has 0 bridgehead atoms. The molecular formula is C32H23BN5Pt-3. The van der Waals surface area contributed by atoms with Gasteiger partial charge < -0.3 is 19.2 Å². The molecule has 1 aromatic heterocycles. The Morgan fingerprint density at radius 1 is 0.744 bits per heavy atom. The van der Waals surface area contributed by atoms with Crippen LogP contribution in [0.15, 0.2) is 97.6 Å². The molecule has 0 fully saturated rings. The van der Waals surface area contributed by atoms with Crippen LogP contribution in [0.25, 0.3) is 33.6 Å². The number of aromatic nitrogens is 2. The van der Waals surface area contributed by atoms with Crippen LogP contribution in [0.2, 0.25) is 0 Å². The average molecular weight is 683 g/mol. The molecule has 0 atom stereocenters. The molecule has 5 nitrogen and oxygen atoms in total. The van der Waals surface area contributed by atoms with Gasteiger partial charge in [0.25, 0.3) is 6.85 Å². The molecule has 0 saturated heterocycles. The van der Waals surface area contributed by atoms with Gasteiger partial charge in [0.2, 0.25) is 0 Å². The van der Waals surface area contributed by atoms with Gasteiger partial charge in [-0.05, 0) is 37.1 Å². The first kappa shape index (κ1) is 24.1. The van der Waals surface area contributed by atoms with Crippen molar-refractivity contribution in [2.45, 2.75) is 0 Å². The van der Waals surface area contributed by atoms with Crippen LogP contribution < -0.4 is 20.6 Å². The van der Waals surface area contributed by atoms with Crippen LogP contribution in [0.1, 0.15) is 0 Å². The summed E-state index contributed by atoms with van der Waals surface area (Å²) < 4.78 is 2.05. The Morgan fingerprint density at radius 2 is 1.41 bits per heavy atom. The fourth-order valence-corrected chi connectivity index (χ4v) is 6.04. The summed E-state index contributed by atoms with van der Waals surface area (Å²) in [6, 6.07) is 33.9. The maximum Gasteiger partial charge on any atom is 0.285 e. The maximum absolute atomic E-state index is 4.62. The number of rotatable bonds is 2. The summed E-state index contributed by atoms with van der Waals surface area (Å²) >= 11 is 0. The van der Waals surface area contributed by atoms with Crippen LogP contribution in [0.5, 0.6) is 0 Å². The standard InChI is InChI=1S/C32H23BN5.Pt/c1-35-17-18-37(21-35)23-12-14-25-27-8-4-6-10-31(27)38-30-9-5-3-7-26(30)24-13-11-22(32-34-15-16-36(32)2)19-28(24)33(38)29(25)20-23;/h3-18,21H,1-2H3;/q-3;. The maximum atomic E-state index is 4.62. The third-order valence-electron chi connectivity index (χ3n) is 7.76. The summed E-state index contributed by atoms with van der Waals surface area (Å²) in [5, 5.41) is 0. The van der Waals surface area contributed by atoms with Crippen LogP contribution >= 0.6 is 0 Å². The Labute approximate surface area is 243 Å². The minimum atomic E-state index is -0.0747. The van der Waals surface area contributed by atoms with E-state index in [0.29, 0.717) is 0 Å². The van der Waals surface area contributed by atoms with Crippen molar-refractivity contribution < 1.29 is 21.1 Å². The van der Waals surface area contributed by atoms with Crippen LogP contribution in [0.3, 0.4) is 0 Å². The zero-order chi connectivity index (χ0) is 25.4. The van der Waals surface area contributed by atoms with Gasteiger partial charge in [-0.25, -0.2) is 0 Å². The van der Waals surface area contributed by atoms with Gasteiger partial charge in [-0.2, -0.15) is 24.3 Å². The monoisotopic (exact) mass is 683 g/mol. The number of benzene rings is 4. The molecular weight excluding hydrogens is 660 g/mol. The van der Waals surface area contributed by atoms with Crippen molar-refractivity contribution in [2.75, 3.05) is 16.8 Å². The summed E-state index contributed by atoms with van der Waals surface area (Å²) in [7, 11) is 4.07. The van der Waals surface area contributed by atoms with Gasteiger partial charge in [0, 0.05) is 51.9 Å². The number of imidazole rings is 1. The van der Waals surface area contributed by atoms with Crippen molar-refractivity contribution in [1.82, 2.24) is 14.5 Å². The first-order valence-corrected chi connectivity index (χ1v) is 12.8. The molecule has 192 valence electrons. The first-order chi connectivity index (χ1) is 18.7. The second-order valence-electron chi connectivity index (χ2n) is 10.0. The molecule has 4 aromatic carbocycles. The van der Waals surface area contributed by atoms with Gasteiger partial charge in [-0.1, -0.05) is 42.0 Å². The van der Waals surface area contributed by atoms with Gasteiger partial charge in [-0.15, -0.1) is 52.1 Å². The molecule has 8 rings (SSSR count). The zero-order valence-electron chi connectivity index (χ0n) is 21.4. The van der Waals surface area contributed by atoms with Crippen LogP contribution in [0.4, 0.5) is 17.1 Å². The molecule has 7 heteroatoms. The minimum Gasteiger partial charge on any atom is -0.510 e. The number of anilines is 3. The fraction of sp³-hybridized carbons (Fsp3) is 0.0625. The van der Waals surface area contributed by atoms with E-state index in [-0.39, 0.29) is 27.9 Å². The molecule has 4 heterocycles. The SMILES string of the molecule is CN1C=CN(c2[c-]c3c(cc2)-c2ccccc2N2B3c3[c-]c(-c4nccn4C)ccc3-c3ccccc32)[CH-]1.[Pt]. The van der Waals surface area contributed by atoms with E-state index in [1.807, 2.05) is 42.2 Å². The number of hydrogen-bond donors (Lipinski definition) is 0. The first-order valence-electron chi connectivity index (χ1n) is 12.8. The van der Waals surface area contributed by atoms with Crippen molar-refractivity contribution >= 4 is 34.8 Å². The summed E-state index contributed by atoms with van der Waals surface area (Å²) in [4.78, 5) is 11.3. The minimum absolute atomic E-state index is 0. The summed E-state index contributed by atoms with van der Waals surface area (Å²) in [6.45, 7) is 2.00. The summed E-state index contributed by atoms with van der Waals surface area (Å²) in [5.74, 6) is 0.909. The van der Waals surface area contributed by atoms with E-state index >= 15 is 0 Å². The number of fused-ring (bicyclic) bond motifs is 11. The Bertz CT molecular complexity index is 1780. The van der Waals surface area contributed by atoms with Gasteiger partial charge in [0.05, 0.1) is 5.82 Å². The smallest absolute Gasteiger partial charge is 0.285 e. The Kier molecular flexibility index (Phi) is 5.57. The van der Waals surface area contributed by atoms with E-state index in [4.69, 9.17) is 0 Å². The molecule has 3 aliphatic rings. The number of para-hydroxylation sites is 2. The Morgan fingerprint density at radius 3 is 2.05 bits per heavy atom. The normalized spacial score (nSPS) is 14.3. The van der Waals surface area contributed by atoms with Crippen molar-refractivity contribution in [1.29, 1.82) is 0 Å². The van der Waals surface area contributed by atoms with Crippen molar-refractivity contribution in [3.63, 3.8) is 0 Å². The predicted molar refractivity (Wildman–Crippen MR) is 154 cm³/mol. The number of aryl methyl sites for hydroxylation is 1. The molecule has 0 spiro atoms. The van der Waals surface area contributed by atoms with E-state index in [0.717, 1.165) is 28.0 Å². The largest absolute Gasteiger partial charge is 0.510 e. The Balaban J connectivity index is 0.00000253. The second kappa shape index (κ2) is 9.03. The topological polar surface area (TPSA) is 27.5 Å². The van der Waals surface area contributed by atoms with Gasteiger partial charge in [-0.3, -0.25) is 4.98 Å². The molecule has 0 radical (unpaired) electrons. The van der Waals surface area contributed by atoms with Gasteiger partial charge in [0.15, 0.2) is 0 Å². The third kappa shape index (κ3) is 3.55. The summed E-state index contributed by atoms with van der Waals surface area (Å²) in [5.41, 5.74) is 11.6. The van der Waals surface area contributed by atoms with E-state index in [1.165, 1.54) is 33.6 Å². The number of nitrogens with zero attached hydrogens (tertiary/aromatic N) is 5. The average Bonchev–Trinajstić information content (AvgIpc) is 3.60. The summed E-state index contributed by atoms with van der Waals surface area (Å²) in [6.07, 6.45) is 7.94.